The van der Waals surface area contributed by atoms with Gasteiger partial charge in [-0.1, -0.05) is 0 Å². The van der Waals surface area contributed by atoms with Gasteiger partial charge in [-0.05, 0) is 19.9 Å². The van der Waals surface area contributed by atoms with Crippen LogP contribution in [-0.4, -0.2) is 23.9 Å². The van der Waals surface area contributed by atoms with Crippen LogP contribution in [0.15, 0.2) is 5.38 Å². The highest BCUT2D eigenvalue weighted by molar-refractivity contribution is 7.09. The summed E-state index contributed by atoms with van der Waals surface area (Å²) in [6.07, 6.45) is 0.954. The third-order valence-corrected chi connectivity index (χ3v) is 3.08. The summed E-state index contributed by atoms with van der Waals surface area (Å²) in [5, 5.41) is 6.01. The maximum absolute atomic E-state index is 11.8. The highest BCUT2D eigenvalue weighted by Crippen LogP contribution is 2.16. The minimum absolute atomic E-state index is 0.154. The van der Waals surface area contributed by atoms with Crippen LogP contribution in [0, 0.1) is 12.8 Å². The molecule has 1 aromatic heterocycles. The van der Waals surface area contributed by atoms with Gasteiger partial charge in [0.25, 0.3) is 0 Å². The molecule has 0 aliphatic carbocycles. The van der Waals surface area contributed by atoms with E-state index in [2.05, 4.69) is 10.3 Å². The lowest BCUT2D eigenvalue weighted by Gasteiger charge is -2.02. The summed E-state index contributed by atoms with van der Waals surface area (Å²) in [7, 11) is 0. The van der Waals surface area contributed by atoms with Crippen molar-refractivity contribution in [3.8, 4) is 0 Å². The van der Waals surface area contributed by atoms with Crippen molar-refractivity contribution < 1.29 is 4.79 Å². The lowest BCUT2D eigenvalue weighted by molar-refractivity contribution is 0.0926. The standard InChI is InChI=1S/C9H12N2OS/c1-6-11-8(5-13-6)9(12)7-2-3-10-4-7/h5,7,10H,2-4H2,1H3. The van der Waals surface area contributed by atoms with Gasteiger partial charge in [0.05, 0.1) is 5.01 Å². The number of hydrogen-bond acceptors (Lipinski definition) is 4. The molecule has 2 rings (SSSR count). The molecule has 1 N–H and O–H groups in total. The number of aryl methyl sites for hydroxylation is 1. The van der Waals surface area contributed by atoms with Crippen LogP contribution in [0.5, 0.6) is 0 Å². The van der Waals surface area contributed by atoms with Crippen molar-refractivity contribution in [2.45, 2.75) is 13.3 Å². The Hall–Kier alpha value is -0.740. The van der Waals surface area contributed by atoms with Gasteiger partial charge in [-0.15, -0.1) is 11.3 Å². The average Bonchev–Trinajstić information content (AvgIpc) is 2.72. The maximum atomic E-state index is 11.8. The molecule has 0 radical (unpaired) electrons. The van der Waals surface area contributed by atoms with Crippen molar-refractivity contribution in [1.29, 1.82) is 0 Å². The van der Waals surface area contributed by atoms with E-state index in [1.165, 1.54) is 11.3 Å². The number of nitrogens with zero attached hydrogens (tertiary/aromatic N) is 1. The third-order valence-electron chi connectivity index (χ3n) is 2.30. The number of hydrogen-bond donors (Lipinski definition) is 1. The van der Waals surface area contributed by atoms with Crippen LogP contribution in [-0.2, 0) is 0 Å². The van der Waals surface area contributed by atoms with Crippen LogP contribution in [0.1, 0.15) is 21.9 Å². The van der Waals surface area contributed by atoms with E-state index in [0.717, 1.165) is 24.5 Å². The molecule has 0 amide bonds. The van der Waals surface area contributed by atoms with Gasteiger partial charge in [-0.25, -0.2) is 4.98 Å². The first-order valence-electron chi connectivity index (χ1n) is 4.44. The van der Waals surface area contributed by atoms with E-state index in [1.807, 2.05) is 12.3 Å². The molecule has 0 bridgehead atoms. The van der Waals surface area contributed by atoms with Crippen molar-refractivity contribution in [1.82, 2.24) is 10.3 Å². The summed E-state index contributed by atoms with van der Waals surface area (Å²) < 4.78 is 0. The van der Waals surface area contributed by atoms with Gasteiger partial charge in [-0.3, -0.25) is 4.79 Å². The number of carbonyl (C=O) groups is 1. The normalized spacial score (nSPS) is 22.1. The Morgan fingerprint density at radius 3 is 3.15 bits per heavy atom. The Morgan fingerprint density at radius 2 is 2.62 bits per heavy atom. The minimum Gasteiger partial charge on any atom is -0.316 e. The van der Waals surface area contributed by atoms with Gasteiger partial charge in [0.1, 0.15) is 5.69 Å². The lowest BCUT2D eigenvalue weighted by Crippen LogP contribution is -2.18. The van der Waals surface area contributed by atoms with Crippen LogP contribution in [0.4, 0.5) is 0 Å². The van der Waals surface area contributed by atoms with E-state index in [0.29, 0.717) is 5.69 Å². The summed E-state index contributed by atoms with van der Waals surface area (Å²) in [5.74, 6) is 0.357. The molecule has 1 fully saturated rings. The zero-order valence-corrected chi connectivity index (χ0v) is 8.36. The molecule has 0 spiro atoms. The second-order valence-electron chi connectivity index (χ2n) is 3.31. The minimum atomic E-state index is 0.154. The van der Waals surface area contributed by atoms with Crippen LogP contribution in [0.2, 0.25) is 0 Å². The topological polar surface area (TPSA) is 42.0 Å². The summed E-state index contributed by atoms with van der Waals surface area (Å²) in [6, 6.07) is 0. The first-order chi connectivity index (χ1) is 6.27. The predicted molar refractivity (Wildman–Crippen MR) is 52.2 cm³/mol. The lowest BCUT2D eigenvalue weighted by atomic mass is 10.0. The van der Waals surface area contributed by atoms with E-state index >= 15 is 0 Å². The maximum Gasteiger partial charge on any atom is 0.186 e. The summed E-state index contributed by atoms with van der Waals surface area (Å²) in [6.45, 7) is 3.70. The number of rotatable bonds is 2. The quantitative estimate of drug-likeness (QED) is 0.724. The van der Waals surface area contributed by atoms with E-state index in [4.69, 9.17) is 0 Å². The van der Waals surface area contributed by atoms with Gasteiger partial charge < -0.3 is 5.32 Å². The molecule has 1 atom stereocenters. The van der Waals surface area contributed by atoms with E-state index < -0.39 is 0 Å². The summed E-state index contributed by atoms with van der Waals surface area (Å²) >= 11 is 1.54. The molecule has 4 heteroatoms. The van der Waals surface area contributed by atoms with Gasteiger partial charge in [0.15, 0.2) is 5.78 Å². The Bertz CT molecular complexity index is 315. The number of carbonyl (C=O) groups excluding carboxylic acids is 1. The predicted octanol–water partition coefficient (Wildman–Crippen LogP) is 1.24. The molecule has 1 aliphatic rings. The van der Waals surface area contributed by atoms with Crippen LogP contribution in [0.25, 0.3) is 0 Å². The smallest absolute Gasteiger partial charge is 0.186 e. The fourth-order valence-corrected chi connectivity index (χ4v) is 2.17. The SMILES string of the molecule is Cc1nc(C(=O)C2CCNC2)cs1. The number of thiazole rings is 1. The number of nitrogens with one attached hydrogen (secondary N) is 1. The average molecular weight is 196 g/mol. The van der Waals surface area contributed by atoms with Crippen molar-refractivity contribution in [3.05, 3.63) is 16.1 Å². The Labute approximate surface area is 81.2 Å². The molecular formula is C9H12N2OS. The number of Topliss-reactive ketones (excluding diaryl/α,β-unsaturated/α-hetero) is 1. The van der Waals surface area contributed by atoms with Crippen molar-refractivity contribution in [3.63, 3.8) is 0 Å². The van der Waals surface area contributed by atoms with Gasteiger partial charge >= 0.3 is 0 Å². The molecular weight excluding hydrogens is 184 g/mol. The monoisotopic (exact) mass is 196 g/mol. The molecule has 1 saturated heterocycles. The van der Waals surface area contributed by atoms with Crippen molar-refractivity contribution >= 4 is 17.1 Å². The molecule has 0 aromatic carbocycles. The molecule has 1 unspecified atom stereocenters. The summed E-state index contributed by atoms with van der Waals surface area (Å²) in [4.78, 5) is 16.0. The first-order valence-corrected chi connectivity index (χ1v) is 5.32. The molecule has 3 nitrogen and oxygen atoms in total. The largest absolute Gasteiger partial charge is 0.316 e. The Balaban J connectivity index is 2.12. The van der Waals surface area contributed by atoms with E-state index in [9.17, 15) is 4.79 Å². The second kappa shape index (κ2) is 3.55. The Kier molecular flexibility index (Phi) is 2.42. The fraction of sp³-hybridized carbons (Fsp3) is 0.556. The third kappa shape index (κ3) is 1.78. The van der Waals surface area contributed by atoms with Gasteiger partial charge in [0.2, 0.25) is 0 Å². The highest BCUT2D eigenvalue weighted by atomic mass is 32.1. The second-order valence-corrected chi connectivity index (χ2v) is 4.37. The highest BCUT2D eigenvalue weighted by Gasteiger charge is 2.24. The number of aromatic nitrogens is 1. The first kappa shape index (κ1) is 8.84. The van der Waals surface area contributed by atoms with Crippen LogP contribution < -0.4 is 5.32 Å². The van der Waals surface area contributed by atoms with Gasteiger partial charge in [-0.2, -0.15) is 0 Å². The zero-order chi connectivity index (χ0) is 9.26. The molecule has 13 heavy (non-hydrogen) atoms. The van der Waals surface area contributed by atoms with E-state index in [1.54, 1.807) is 0 Å². The van der Waals surface area contributed by atoms with Crippen molar-refractivity contribution in [2.75, 3.05) is 13.1 Å². The molecule has 70 valence electrons. The zero-order valence-electron chi connectivity index (χ0n) is 7.54. The van der Waals surface area contributed by atoms with Gasteiger partial charge in [0, 0.05) is 17.8 Å². The molecule has 1 aliphatic heterocycles. The van der Waals surface area contributed by atoms with Crippen LogP contribution >= 0.6 is 11.3 Å². The van der Waals surface area contributed by atoms with E-state index in [-0.39, 0.29) is 11.7 Å². The van der Waals surface area contributed by atoms with Crippen LogP contribution in [0.3, 0.4) is 0 Å². The fourth-order valence-electron chi connectivity index (χ4n) is 1.56. The summed E-state index contributed by atoms with van der Waals surface area (Å²) in [5.41, 5.74) is 0.649. The van der Waals surface area contributed by atoms with Crippen molar-refractivity contribution in [2.24, 2.45) is 5.92 Å². The molecule has 1 aromatic rings. The number of ketones is 1. The molecule has 0 saturated carbocycles. The molecule has 2 heterocycles. The Morgan fingerprint density at radius 1 is 1.77 bits per heavy atom.